The molecule has 0 aliphatic rings. The van der Waals surface area contributed by atoms with E-state index in [2.05, 4.69) is 13.8 Å². The third kappa shape index (κ3) is 18.0. The minimum absolute atomic E-state index is 0. The van der Waals surface area contributed by atoms with Crippen LogP contribution < -0.4 is 29.6 Å². The van der Waals surface area contributed by atoms with Crippen molar-refractivity contribution in [2.75, 3.05) is 0 Å². The maximum absolute atomic E-state index is 11.4. The van der Waals surface area contributed by atoms with E-state index in [1.807, 2.05) is 0 Å². The minimum Gasteiger partial charge on any atom is -0.748 e. The van der Waals surface area contributed by atoms with Crippen LogP contribution in [0.3, 0.4) is 0 Å². The summed E-state index contributed by atoms with van der Waals surface area (Å²) in [6.45, 7) is 4.29. The predicted octanol–water partition coefficient (Wildman–Crippen LogP) is 2.16. The van der Waals surface area contributed by atoms with Crippen molar-refractivity contribution in [2.45, 2.75) is 122 Å². The Morgan fingerprint density at radius 2 is 1.08 bits per heavy atom. The van der Waals surface area contributed by atoms with Crippen molar-refractivity contribution in [1.82, 2.24) is 0 Å². The van der Waals surface area contributed by atoms with Crippen molar-refractivity contribution in [1.29, 1.82) is 0 Å². The molecule has 146 valence electrons. The van der Waals surface area contributed by atoms with Crippen molar-refractivity contribution < 1.29 is 47.6 Å². The van der Waals surface area contributed by atoms with Crippen LogP contribution in [0, 0.1) is 0 Å². The number of unbranched alkanes of at least 4 members (excludes halogenated alkanes) is 8. The molecule has 0 aromatic carbocycles. The molecule has 6 heteroatoms. The third-order valence-electron chi connectivity index (χ3n) is 4.74. The van der Waals surface area contributed by atoms with E-state index >= 15 is 0 Å². The van der Waals surface area contributed by atoms with Crippen LogP contribution in [0.1, 0.15) is 110 Å². The molecule has 0 spiro atoms. The fourth-order valence-electron chi connectivity index (χ4n) is 3.11. The zero-order chi connectivity index (χ0) is 18.3. The van der Waals surface area contributed by atoms with Crippen molar-refractivity contribution in [2.24, 2.45) is 0 Å². The van der Waals surface area contributed by atoms with Gasteiger partial charge in [-0.15, -0.1) is 0 Å². The first kappa shape index (κ1) is 28.1. The fraction of sp³-hybridized carbons (Fsp3) is 1.00. The largest absolute Gasteiger partial charge is 1.00 e. The van der Waals surface area contributed by atoms with Crippen LogP contribution in [0.25, 0.3) is 0 Å². The summed E-state index contributed by atoms with van der Waals surface area (Å²) in [7, 11) is -4.18. The van der Waals surface area contributed by atoms with E-state index in [9.17, 15) is 18.1 Å². The second-order valence-electron chi connectivity index (χ2n) is 7.11. The van der Waals surface area contributed by atoms with Crippen LogP contribution in [0.15, 0.2) is 0 Å². The summed E-state index contributed by atoms with van der Waals surface area (Å²) >= 11 is 0. The minimum atomic E-state index is -4.18. The van der Waals surface area contributed by atoms with E-state index in [1.54, 1.807) is 0 Å². The van der Waals surface area contributed by atoms with Gasteiger partial charge in [0.2, 0.25) is 0 Å². The molecule has 0 amide bonds. The van der Waals surface area contributed by atoms with Gasteiger partial charge in [-0.1, -0.05) is 84.5 Å². The van der Waals surface area contributed by atoms with Crippen LogP contribution in [-0.2, 0) is 10.1 Å². The van der Waals surface area contributed by atoms with Crippen molar-refractivity contribution in [3.05, 3.63) is 0 Å². The molecule has 0 fully saturated rings. The van der Waals surface area contributed by atoms with Crippen molar-refractivity contribution >= 4 is 10.1 Å². The molecular formula is C19H39NaO4S. The molecule has 25 heavy (non-hydrogen) atoms. The van der Waals surface area contributed by atoms with Crippen molar-refractivity contribution in [3.63, 3.8) is 0 Å². The molecule has 0 radical (unpaired) electrons. The molecule has 2 unspecified atom stereocenters. The summed E-state index contributed by atoms with van der Waals surface area (Å²) in [5.41, 5.74) is 0. The molecule has 0 aromatic rings. The fourth-order valence-corrected chi connectivity index (χ4v) is 4.02. The summed E-state index contributed by atoms with van der Waals surface area (Å²) in [5.74, 6) is 0. The molecule has 0 aromatic heterocycles. The van der Waals surface area contributed by atoms with Gasteiger partial charge >= 0.3 is 29.6 Å². The summed E-state index contributed by atoms with van der Waals surface area (Å²) in [4.78, 5) is 0. The van der Waals surface area contributed by atoms with Gasteiger partial charge in [0.25, 0.3) is 0 Å². The zero-order valence-electron chi connectivity index (χ0n) is 16.8. The maximum Gasteiger partial charge on any atom is 1.00 e. The average Bonchev–Trinajstić information content (AvgIpc) is 2.51. The van der Waals surface area contributed by atoms with Gasteiger partial charge in [0, 0.05) is 5.25 Å². The summed E-state index contributed by atoms with van der Waals surface area (Å²) < 4.78 is 34.1. The van der Waals surface area contributed by atoms with Crippen LogP contribution >= 0.6 is 0 Å². The smallest absolute Gasteiger partial charge is 0.748 e. The normalized spacial score (nSPS) is 14.1. The van der Waals surface area contributed by atoms with E-state index in [-0.39, 0.29) is 35.7 Å². The van der Waals surface area contributed by atoms with Crippen LogP contribution in [0.2, 0.25) is 0 Å². The van der Waals surface area contributed by atoms with Gasteiger partial charge in [0.1, 0.15) is 0 Å². The van der Waals surface area contributed by atoms with Crippen LogP contribution in [0.4, 0.5) is 0 Å². The van der Waals surface area contributed by atoms with Crippen LogP contribution in [0.5, 0.6) is 0 Å². The van der Waals surface area contributed by atoms with Gasteiger partial charge in [-0.2, -0.15) is 0 Å². The average molecular weight is 387 g/mol. The SMILES string of the molecule is CCCCCCCC(CCCCCC(O)CCCCC)S(=O)(=O)[O-].[Na+]. The Balaban J connectivity index is 0. The van der Waals surface area contributed by atoms with Gasteiger partial charge in [0.15, 0.2) is 0 Å². The topological polar surface area (TPSA) is 77.4 Å². The first-order valence-electron chi connectivity index (χ1n) is 10.0. The van der Waals surface area contributed by atoms with Gasteiger partial charge in [-0.05, 0) is 25.7 Å². The Bertz CT molecular complexity index is 374. The van der Waals surface area contributed by atoms with Crippen LogP contribution in [-0.4, -0.2) is 29.4 Å². The van der Waals surface area contributed by atoms with Gasteiger partial charge in [0.05, 0.1) is 16.2 Å². The number of hydrogen-bond donors (Lipinski definition) is 1. The molecule has 0 rings (SSSR count). The summed E-state index contributed by atoms with van der Waals surface area (Å²) in [5, 5.41) is 9.14. The molecule has 4 nitrogen and oxygen atoms in total. The molecule has 0 saturated carbocycles. The zero-order valence-corrected chi connectivity index (χ0v) is 19.7. The van der Waals surface area contributed by atoms with Gasteiger partial charge in [-0.3, -0.25) is 0 Å². The molecule has 2 atom stereocenters. The molecule has 0 bridgehead atoms. The molecule has 0 heterocycles. The summed E-state index contributed by atoms with van der Waals surface area (Å²) in [6.07, 6.45) is 13.7. The number of aliphatic hydroxyl groups excluding tert-OH is 1. The Morgan fingerprint density at radius 3 is 1.56 bits per heavy atom. The number of hydrogen-bond acceptors (Lipinski definition) is 4. The second-order valence-corrected chi connectivity index (χ2v) is 8.76. The standard InChI is InChI=1S/C19H40O4S.Na/c1-3-5-7-8-12-16-19(24(21,22)23)17-13-9-11-15-18(20)14-10-6-4-2;/h18-20H,3-17H2,1-2H3,(H,21,22,23);/q;+1/p-1. The monoisotopic (exact) mass is 386 g/mol. The molecular weight excluding hydrogens is 347 g/mol. The quantitative estimate of drug-likeness (QED) is 0.236. The first-order chi connectivity index (χ1) is 11.4. The Hall–Kier alpha value is 0.870. The summed E-state index contributed by atoms with van der Waals surface area (Å²) in [6, 6.07) is 0. The Kier molecular flexibility index (Phi) is 20.5. The molecule has 0 aliphatic carbocycles. The van der Waals surface area contributed by atoms with E-state index in [4.69, 9.17) is 0 Å². The first-order valence-corrected chi connectivity index (χ1v) is 11.5. The maximum atomic E-state index is 11.4. The Morgan fingerprint density at radius 1 is 0.720 bits per heavy atom. The third-order valence-corrected chi connectivity index (χ3v) is 6.03. The number of aliphatic hydroxyl groups is 1. The van der Waals surface area contributed by atoms with E-state index in [0.29, 0.717) is 12.8 Å². The van der Waals surface area contributed by atoms with E-state index in [1.165, 1.54) is 12.8 Å². The van der Waals surface area contributed by atoms with E-state index in [0.717, 1.165) is 70.6 Å². The second kappa shape index (κ2) is 18.2. The molecule has 1 N–H and O–H groups in total. The van der Waals surface area contributed by atoms with Gasteiger partial charge in [-0.25, -0.2) is 8.42 Å². The number of rotatable bonds is 17. The van der Waals surface area contributed by atoms with Gasteiger partial charge < -0.3 is 9.66 Å². The predicted molar refractivity (Wildman–Crippen MR) is 100 cm³/mol. The van der Waals surface area contributed by atoms with E-state index < -0.39 is 15.4 Å². The molecule has 0 saturated heterocycles. The Labute approximate surface area is 178 Å². The van der Waals surface area contributed by atoms with Crippen molar-refractivity contribution in [3.8, 4) is 0 Å². The molecule has 0 aliphatic heterocycles.